The molecule has 0 N–H and O–H groups in total. The molecule has 0 radical (unpaired) electrons. The van der Waals surface area contributed by atoms with E-state index in [2.05, 4.69) is 31.0 Å². The van der Waals surface area contributed by atoms with Gasteiger partial charge in [-0.05, 0) is 31.0 Å². The highest BCUT2D eigenvalue weighted by Gasteiger charge is 1.97. The molecule has 0 spiro atoms. The second-order valence-corrected chi connectivity index (χ2v) is 4.77. The van der Waals surface area contributed by atoms with E-state index in [4.69, 9.17) is 0 Å². The fourth-order valence-corrected chi connectivity index (χ4v) is 1.76. The molecular weight excluding hydrogens is 294 g/mol. The fourth-order valence-electron chi connectivity index (χ4n) is 1.76. The summed E-state index contributed by atoms with van der Waals surface area (Å²) in [4.78, 5) is 15.1. The first-order valence-electron chi connectivity index (χ1n) is 9.18. The van der Waals surface area contributed by atoms with Crippen molar-refractivity contribution in [2.24, 2.45) is 0 Å². The summed E-state index contributed by atoms with van der Waals surface area (Å²) in [6.07, 6.45) is 8.58. The Hall–Kier alpha value is -1.96. The Morgan fingerprint density at radius 2 is 1.62 bits per heavy atom. The number of hydrogen-bond acceptors (Lipinski definition) is 2. The normalized spacial score (nSPS) is 9.12. The number of Topliss-reactive ketones (excluding diaryl/α,β-unsaturated/α-hetero) is 1. The molecule has 0 amide bonds. The van der Waals surface area contributed by atoms with Gasteiger partial charge in [-0.15, -0.1) is 0 Å². The molecule has 1 heterocycles. The highest BCUT2D eigenvalue weighted by atomic mass is 16.1. The second kappa shape index (κ2) is 17.4. The third kappa shape index (κ3) is 10.7. The van der Waals surface area contributed by atoms with Crippen LogP contribution in [0.3, 0.4) is 0 Å². The molecule has 0 unspecified atom stereocenters. The maximum absolute atomic E-state index is 10.8. The molecule has 24 heavy (non-hydrogen) atoms. The number of allylic oxidation sites excluding steroid dienone is 1. The molecule has 0 aliphatic carbocycles. The summed E-state index contributed by atoms with van der Waals surface area (Å²) in [5.41, 5.74) is 2.15. The summed E-state index contributed by atoms with van der Waals surface area (Å²) in [6, 6.07) is 10.1. The van der Waals surface area contributed by atoms with Gasteiger partial charge in [0.1, 0.15) is 5.78 Å². The minimum atomic E-state index is 0.231. The number of hydrogen-bond donors (Lipinski definition) is 0. The number of nitrogens with zero attached hydrogens (tertiary/aromatic N) is 1. The Labute approximate surface area is 149 Å². The summed E-state index contributed by atoms with van der Waals surface area (Å²) >= 11 is 0. The van der Waals surface area contributed by atoms with Gasteiger partial charge in [0.15, 0.2) is 0 Å². The Balaban J connectivity index is 0. The van der Waals surface area contributed by atoms with Crippen LogP contribution in [0.25, 0.3) is 17.0 Å². The molecular formula is C22H35NO. The predicted molar refractivity (Wildman–Crippen MR) is 109 cm³/mol. The standard InChI is InChI=1S/C15H15NO.C3H8.2C2H6/c1-12(17)6-2-3-7-13-10-11-16-15-9-5-4-8-14(13)15;1-3-2;2*1-2/h3-5,7-11H,2,6H2,1H3;3H2,1-2H3;2*1-2H3/b7-3+;;;. The van der Waals surface area contributed by atoms with Crippen LogP contribution in [-0.4, -0.2) is 10.8 Å². The molecule has 0 atom stereocenters. The van der Waals surface area contributed by atoms with Gasteiger partial charge in [0.05, 0.1) is 5.52 Å². The van der Waals surface area contributed by atoms with E-state index in [-0.39, 0.29) is 5.78 Å². The molecule has 0 saturated carbocycles. The number of aromatic nitrogens is 1. The van der Waals surface area contributed by atoms with E-state index in [1.165, 1.54) is 6.42 Å². The van der Waals surface area contributed by atoms with E-state index >= 15 is 0 Å². The van der Waals surface area contributed by atoms with E-state index in [1.807, 2.05) is 64.2 Å². The highest BCUT2D eigenvalue weighted by Crippen LogP contribution is 2.17. The van der Waals surface area contributed by atoms with Crippen LogP contribution in [0.15, 0.2) is 42.6 Å². The van der Waals surface area contributed by atoms with Crippen molar-refractivity contribution in [2.45, 2.75) is 67.7 Å². The van der Waals surface area contributed by atoms with E-state index in [0.29, 0.717) is 6.42 Å². The summed E-state index contributed by atoms with van der Waals surface area (Å²) < 4.78 is 0. The van der Waals surface area contributed by atoms with Crippen LogP contribution >= 0.6 is 0 Å². The van der Waals surface area contributed by atoms with Gasteiger partial charge in [-0.3, -0.25) is 4.98 Å². The smallest absolute Gasteiger partial charge is 0.130 e. The molecule has 2 aromatic rings. The number of pyridine rings is 1. The summed E-state index contributed by atoms with van der Waals surface area (Å²) in [7, 11) is 0. The maximum atomic E-state index is 10.8. The Morgan fingerprint density at radius 3 is 2.21 bits per heavy atom. The predicted octanol–water partition coefficient (Wildman–Crippen LogP) is 7.09. The van der Waals surface area contributed by atoms with Crippen LogP contribution in [0.1, 0.15) is 73.3 Å². The number of para-hydroxylation sites is 1. The molecule has 0 saturated heterocycles. The van der Waals surface area contributed by atoms with Crippen molar-refractivity contribution in [3.05, 3.63) is 48.2 Å². The van der Waals surface area contributed by atoms with Crippen molar-refractivity contribution < 1.29 is 4.79 Å². The van der Waals surface area contributed by atoms with Crippen molar-refractivity contribution >= 4 is 22.8 Å². The molecule has 0 bridgehead atoms. The summed E-state index contributed by atoms with van der Waals surface area (Å²) in [5.74, 6) is 0.231. The minimum Gasteiger partial charge on any atom is -0.300 e. The van der Waals surface area contributed by atoms with Crippen LogP contribution in [-0.2, 0) is 4.79 Å². The fraction of sp³-hybridized carbons (Fsp3) is 0.455. The van der Waals surface area contributed by atoms with Gasteiger partial charge in [-0.25, -0.2) is 0 Å². The van der Waals surface area contributed by atoms with E-state index < -0.39 is 0 Å². The monoisotopic (exact) mass is 329 g/mol. The highest BCUT2D eigenvalue weighted by molar-refractivity contribution is 5.87. The van der Waals surface area contributed by atoms with Gasteiger partial charge in [0, 0.05) is 18.0 Å². The number of ketones is 1. The van der Waals surface area contributed by atoms with Gasteiger partial charge in [0.2, 0.25) is 0 Å². The molecule has 2 rings (SSSR count). The topological polar surface area (TPSA) is 30.0 Å². The number of carbonyl (C=O) groups is 1. The zero-order valence-electron chi connectivity index (χ0n) is 16.6. The number of rotatable bonds is 4. The zero-order chi connectivity index (χ0) is 18.8. The first-order chi connectivity index (χ1) is 11.7. The molecule has 134 valence electrons. The van der Waals surface area contributed by atoms with Gasteiger partial charge in [-0.1, -0.05) is 78.3 Å². The molecule has 0 aliphatic rings. The zero-order valence-corrected chi connectivity index (χ0v) is 16.6. The molecule has 0 aliphatic heterocycles. The van der Waals surface area contributed by atoms with Crippen LogP contribution in [0.5, 0.6) is 0 Å². The average molecular weight is 330 g/mol. The van der Waals surface area contributed by atoms with Crippen LogP contribution in [0.4, 0.5) is 0 Å². The van der Waals surface area contributed by atoms with Crippen molar-refractivity contribution in [3.8, 4) is 0 Å². The van der Waals surface area contributed by atoms with Gasteiger partial charge < -0.3 is 4.79 Å². The lowest BCUT2D eigenvalue weighted by Gasteiger charge is -2.00. The number of carbonyl (C=O) groups excluding carboxylic acids is 1. The maximum Gasteiger partial charge on any atom is 0.130 e. The van der Waals surface area contributed by atoms with Gasteiger partial charge >= 0.3 is 0 Å². The van der Waals surface area contributed by atoms with Crippen LogP contribution in [0.2, 0.25) is 0 Å². The summed E-state index contributed by atoms with van der Waals surface area (Å²) in [5, 5.41) is 1.15. The van der Waals surface area contributed by atoms with E-state index in [0.717, 1.165) is 22.9 Å². The van der Waals surface area contributed by atoms with Gasteiger partial charge in [-0.2, -0.15) is 0 Å². The van der Waals surface area contributed by atoms with Crippen LogP contribution < -0.4 is 0 Å². The lowest BCUT2D eigenvalue weighted by Crippen LogP contribution is -1.86. The third-order valence-corrected chi connectivity index (χ3v) is 2.64. The largest absolute Gasteiger partial charge is 0.300 e. The quantitative estimate of drug-likeness (QED) is 0.599. The van der Waals surface area contributed by atoms with Crippen molar-refractivity contribution in [2.75, 3.05) is 0 Å². The molecule has 1 aromatic heterocycles. The van der Waals surface area contributed by atoms with Crippen molar-refractivity contribution in [1.82, 2.24) is 4.98 Å². The lowest BCUT2D eigenvalue weighted by molar-refractivity contribution is -0.116. The molecule has 2 heteroatoms. The first kappa shape index (κ1) is 24.3. The number of fused-ring (bicyclic) bond motifs is 1. The minimum absolute atomic E-state index is 0.231. The van der Waals surface area contributed by atoms with Gasteiger partial charge in [0.25, 0.3) is 0 Å². The Bertz CT molecular complexity index is 568. The Morgan fingerprint density at radius 1 is 1.04 bits per heavy atom. The lowest BCUT2D eigenvalue weighted by atomic mass is 10.1. The number of benzene rings is 1. The van der Waals surface area contributed by atoms with E-state index in [1.54, 1.807) is 6.92 Å². The van der Waals surface area contributed by atoms with Crippen molar-refractivity contribution in [3.63, 3.8) is 0 Å². The molecule has 0 fully saturated rings. The second-order valence-electron chi connectivity index (χ2n) is 4.77. The third-order valence-electron chi connectivity index (χ3n) is 2.64. The Kier molecular flexibility index (Phi) is 17.6. The van der Waals surface area contributed by atoms with Crippen molar-refractivity contribution in [1.29, 1.82) is 0 Å². The van der Waals surface area contributed by atoms with Crippen LogP contribution in [0, 0.1) is 0 Å². The molecule has 2 nitrogen and oxygen atoms in total. The summed E-state index contributed by atoms with van der Waals surface area (Å²) in [6.45, 7) is 13.9. The SMILES string of the molecule is CC.CC.CC(=O)CC/C=C/c1ccnc2ccccc12.CCC. The first-order valence-corrected chi connectivity index (χ1v) is 9.18. The molecule has 1 aromatic carbocycles. The van der Waals surface area contributed by atoms with E-state index in [9.17, 15) is 4.79 Å². The average Bonchev–Trinajstić information content (AvgIpc) is 2.63.